The van der Waals surface area contributed by atoms with E-state index in [4.69, 9.17) is 4.74 Å². The Morgan fingerprint density at radius 2 is 2.00 bits per heavy atom. The summed E-state index contributed by atoms with van der Waals surface area (Å²) in [6.45, 7) is 0.712. The molecule has 0 aliphatic carbocycles. The Balaban J connectivity index is 1.90. The summed E-state index contributed by atoms with van der Waals surface area (Å²) in [5.41, 5.74) is 0.787. The van der Waals surface area contributed by atoms with Crippen molar-refractivity contribution in [3.05, 3.63) is 64.8 Å². The minimum atomic E-state index is -0.296. The molecule has 0 bridgehead atoms. The van der Waals surface area contributed by atoms with E-state index in [0.717, 1.165) is 5.56 Å². The van der Waals surface area contributed by atoms with Gasteiger partial charge in [0.15, 0.2) is 0 Å². The van der Waals surface area contributed by atoms with Gasteiger partial charge in [0.05, 0.1) is 6.61 Å². The van der Waals surface area contributed by atoms with E-state index in [1.54, 1.807) is 12.3 Å². The lowest BCUT2D eigenvalue weighted by Crippen LogP contribution is -2.22. The molecule has 0 radical (unpaired) electrons. The van der Waals surface area contributed by atoms with E-state index in [-0.39, 0.29) is 12.4 Å². The zero-order valence-corrected chi connectivity index (χ0v) is 8.74. The van der Waals surface area contributed by atoms with Crippen LogP contribution < -0.4 is 5.69 Å². The van der Waals surface area contributed by atoms with Crippen LogP contribution in [0.25, 0.3) is 0 Å². The van der Waals surface area contributed by atoms with Crippen LogP contribution in [0.3, 0.4) is 0 Å². The lowest BCUT2D eigenvalue weighted by atomic mass is 10.2. The van der Waals surface area contributed by atoms with E-state index >= 15 is 0 Å². The molecule has 0 aliphatic rings. The topological polar surface area (TPSA) is 44.1 Å². The standard InChI is InChI=1S/C12H12N2O2/c15-12-13-7-4-8-14(12)10-16-9-11-5-2-1-3-6-11/h1-8H,9-10H2. The van der Waals surface area contributed by atoms with Gasteiger partial charge in [-0.2, -0.15) is 0 Å². The average Bonchev–Trinajstić information content (AvgIpc) is 2.33. The maximum Gasteiger partial charge on any atom is 0.349 e. The molecule has 1 heterocycles. The third-order valence-electron chi connectivity index (χ3n) is 2.12. The third kappa shape index (κ3) is 2.77. The third-order valence-corrected chi connectivity index (χ3v) is 2.12. The molecule has 1 aromatic carbocycles. The van der Waals surface area contributed by atoms with Gasteiger partial charge in [0.1, 0.15) is 6.73 Å². The van der Waals surface area contributed by atoms with Crippen LogP contribution in [0.15, 0.2) is 53.6 Å². The van der Waals surface area contributed by atoms with Gasteiger partial charge in [-0.3, -0.25) is 4.57 Å². The van der Waals surface area contributed by atoms with Crippen LogP contribution in [0.5, 0.6) is 0 Å². The fourth-order valence-corrected chi connectivity index (χ4v) is 1.32. The lowest BCUT2D eigenvalue weighted by Gasteiger charge is -2.05. The molecule has 0 amide bonds. The highest BCUT2D eigenvalue weighted by atomic mass is 16.5. The normalized spacial score (nSPS) is 10.2. The smallest absolute Gasteiger partial charge is 0.349 e. The van der Waals surface area contributed by atoms with E-state index in [9.17, 15) is 4.79 Å². The van der Waals surface area contributed by atoms with Gasteiger partial charge in [0, 0.05) is 12.4 Å². The number of ether oxygens (including phenoxy) is 1. The highest BCUT2D eigenvalue weighted by molar-refractivity contribution is 5.13. The van der Waals surface area contributed by atoms with Gasteiger partial charge >= 0.3 is 5.69 Å². The molecule has 2 aromatic rings. The molecule has 4 heteroatoms. The molecule has 0 N–H and O–H groups in total. The van der Waals surface area contributed by atoms with Gasteiger partial charge in [0.25, 0.3) is 0 Å². The monoisotopic (exact) mass is 216 g/mol. The van der Waals surface area contributed by atoms with Crippen LogP contribution in [0.1, 0.15) is 5.56 Å². The molecule has 0 saturated carbocycles. The van der Waals surface area contributed by atoms with Crippen molar-refractivity contribution >= 4 is 0 Å². The molecule has 0 spiro atoms. The number of aromatic nitrogens is 2. The zero-order chi connectivity index (χ0) is 11.2. The summed E-state index contributed by atoms with van der Waals surface area (Å²) in [6, 6.07) is 11.5. The van der Waals surface area contributed by atoms with E-state index in [1.807, 2.05) is 30.3 Å². The molecule has 0 aliphatic heterocycles. The summed E-state index contributed by atoms with van der Waals surface area (Å²) in [6.07, 6.45) is 3.12. The van der Waals surface area contributed by atoms with Crippen LogP contribution in [0.4, 0.5) is 0 Å². The van der Waals surface area contributed by atoms with E-state index in [1.165, 1.54) is 10.8 Å². The first-order chi connectivity index (χ1) is 7.86. The zero-order valence-electron chi connectivity index (χ0n) is 8.74. The molecular weight excluding hydrogens is 204 g/mol. The molecule has 2 rings (SSSR count). The van der Waals surface area contributed by atoms with Crippen LogP contribution >= 0.6 is 0 Å². The number of rotatable bonds is 4. The number of hydrogen-bond acceptors (Lipinski definition) is 3. The highest BCUT2D eigenvalue weighted by Crippen LogP contribution is 2.00. The Bertz CT molecular complexity index is 494. The molecule has 0 saturated heterocycles. The summed E-state index contributed by atoms with van der Waals surface area (Å²) in [4.78, 5) is 14.9. The predicted molar refractivity (Wildman–Crippen MR) is 59.7 cm³/mol. The largest absolute Gasteiger partial charge is 0.356 e. The quantitative estimate of drug-likeness (QED) is 0.776. The van der Waals surface area contributed by atoms with Crippen molar-refractivity contribution in [2.75, 3.05) is 0 Å². The van der Waals surface area contributed by atoms with Crippen molar-refractivity contribution in [2.45, 2.75) is 13.3 Å². The van der Waals surface area contributed by atoms with Crippen molar-refractivity contribution in [3.63, 3.8) is 0 Å². The van der Waals surface area contributed by atoms with Gasteiger partial charge in [-0.15, -0.1) is 0 Å². The Kier molecular flexibility index (Phi) is 3.46. The van der Waals surface area contributed by atoms with Gasteiger partial charge in [-0.1, -0.05) is 30.3 Å². The maximum atomic E-state index is 11.2. The van der Waals surface area contributed by atoms with Crippen molar-refractivity contribution in [1.29, 1.82) is 0 Å². The average molecular weight is 216 g/mol. The highest BCUT2D eigenvalue weighted by Gasteiger charge is 1.95. The summed E-state index contributed by atoms with van der Waals surface area (Å²) in [5.74, 6) is 0. The van der Waals surface area contributed by atoms with Crippen LogP contribution in [-0.2, 0) is 18.1 Å². The van der Waals surface area contributed by atoms with Crippen LogP contribution in [-0.4, -0.2) is 9.55 Å². The summed E-state index contributed by atoms with van der Waals surface area (Å²) in [7, 11) is 0. The van der Waals surface area contributed by atoms with Crippen molar-refractivity contribution in [1.82, 2.24) is 9.55 Å². The second kappa shape index (κ2) is 5.23. The Labute approximate surface area is 93.1 Å². The summed E-state index contributed by atoms with van der Waals surface area (Å²) >= 11 is 0. The first kappa shape index (κ1) is 10.6. The lowest BCUT2D eigenvalue weighted by molar-refractivity contribution is 0.0609. The van der Waals surface area contributed by atoms with Crippen molar-refractivity contribution in [2.24, 2.45) is 0 Å². The Morgan fingerprint density at radius 3 is 2.75 bits per heavy atom. The summed E-state index contributed by atoms with van der Waals surface area (Å²) < 4.78 is 6.83. The Morgan fingerprint density at radius 1 is 1.19 bits per heavy atom. The molecule has 0 unspecified atom stereocenters. The van der Waals surface area contributed by atoms with Crippen LogP contribution in [0.2, 0.25) is 0 Å². The predicted octanol–water partition coefficient (Wildman–Crippen LogP) is 1.42. The Hall–Kier alpha value is -1.94. The molecule has 0 fully saturated rings. The molecule has 4 nitrogen and oxygen atoms in total. The summed E-state index contributed by atoms with van der Waals surface area (Å²) in [5, 5.41) is 0. The second-order valence-corrected chi connectivity index (χ2v) is 3.34. The number of hydrogen-bond donors (Lipinski definition) is 0. The molecule has 16 heavy (non-hydrogen) atoms. The van der Waals surface area contributed by atoms with E-state index in [2.05, 4.69) is 4.98 Å². The maximum absolute atomic E-state index is 11.2. The first-order valence-electron chi connectivity index (χ1n) is 4.99. The van der Waals surface area contributed by atoms with Gasteiger partial charge < -0.3 is 4.74 Å². The molecule has 82 valence electrons. The van der Waals surface area contributed by atoms with Crippen molar-refractivity contribution in [3.8, 4) is 0 Å². The van der Waals surface area contributed by atoms with Gasteiger partial charge in [-0.05, 0) is 11.6 Å². The first-order valence-corrected chi connectivity index (χ1v) is 4.99. The minimum absolute atomic E-state index is 0.224. The molecule has 0 atom stereocenters. The number of benzene rings is 1. The fraction of sp³-hybridized carbons (Fsp3) is 0.167. The van der Waals surface area contributed by atoms with E-state index < -0.39 is 0 Å². The second-order valence-electron chi connectivity index (χ2n) is 3.34. The van der Waals surface area contributed by atoms with Gasteiger partial charge in [-0.25, -0.2) is 9.78 Å². The van der Waals surface area contributed by atoms with E-state index in [0.29, 0.717) is 6.61 Å². The van der Waals surface area contributed by atoms with Gasteiger partial charge in [0.2, 0.25) is 0 Å². The minimum Gasteiger partial charge on any atom is -0.356 e. The fourth-order valence-electron chi connectivity index (χ4n) is 1.32. The SMILES string of the molecule is O=c1ncccn1COCc1ccccc1. The molecule has 1 aromatic heterocycles. The number of nitrogens with zero attached hydrogens (tertiary/aromatic N) is 2. The van der Waals surface area contributed by atoms with Crippen LogP contribution in [0, 0.1) is 0 Å². The molecular formula is C12H12N2O2. The van der Waals surface area contributed by atoms with Crippen molar-refractivity contribution < 1.29 is 4.74 Å².